The highest BCUT2D eigenvalue weighted by atomic mass is 32.2. The van der Waals surface area contributed by atoms with E-state index in [0.29, 0.717) is 12.1 Å². The van der Waals surface area contributed by atoms with Gasteiger partial charge in [0, 0.05) is 32.2 Å². The Hall–Kier alpha value is -1.46. The van der Waals surface area contributed by atoms with E-state index >= 15 is 0 Å². The summed E-state index contributed by atoms with van der Waals surface area (Å²) in [4.78, 5) is 2.52. The van der Waals surface area contributed by atoms with Crippen LogP contribution in [0.1, 0.15) is 32.3 Å². The number of sulfonamides is 1. The highest BCUT2D eigenvalue weighted by Gasteiger charge is 2.37. The van der Waals surface area contributed by atoms with Gasteiger partial charge in [0.2, 0.25) is 10.0 Å². The van der Waals surface area contributed by atoms with Gasteiger partial charge in [-0.2, -0.15) is 9.57 Å². The molecule has 7 heteroatoms. The van der Waals surface area contributed by atoms with Gasteiger partial charge in [-0.25, -0.2) is 8.42 Å². The molecule has 3 rings (SSSR count). The summed E-state index contributed by atoms with van der Waals surface area (Å²) in [5, 5.41) is 9.03. The zero-order valence-corrected chi connectivity index (χ0v) is 15.6. The lowest BCUT2D eigenvalue weighted by Gasteiger charge is -2.38. The van der Waals surface area contributed by atoms with Crippen molar-refractivity contribution >= 4 is 10.0 Å². The van der Waals surface area contributed by atoms with E-state index in [0.717, 1.165) is 32.5 Å². The van der Waals surface area contributed by atoms with Crippen LogP contribution in [0.4, 0.5) is 0 Å². The van der Waals surface area contributed by atoms with Crippen molar-refractivity contribution in [2.24, 2.45) is 0 Å². The third kappa shape index (κ3) is 4.04. The highest BCUT2D eigenvalue weighted by Crippen LogP contribution is 2.27. The molecule has 2 heterocycles. The summed E-state index contributed by atoms with van der Waals surface area (Å²) in [6, 6.07) is 8.28. The van der Waals surface area contributed by atoms with Crippen molar-refractivity contribution in [2.45, 2.75) is 49.8 Å². The third-order valence-corrected chi connectivity index (χ3v) is 6.80. The number of morpholine rings is 1. The van der Waals surface area contributed by atoms with Gasteiger partial charge >= 0.3 is 0 Å². The average molecular weight is 363 g/mol. The van der Waals surface area contributed by atoms with Crippen molar-refractivity contribution in [2.75, 3.05) is 26.2 Å². The van der Waals surface area contributed by atoms with Gasteiger partial charge in [-0.3, -0.25) is 4.90 Å². The van der Waals surface area contributed by atoms with Gasteiger partial charge in [-0.15, -0.1) is 0 Å². The Labute approximate surface area is 150 Å². The second-order valence-electron chi connectivity index (χ2n) is 7.03. The lowest BCUT2D eigenvalue weighted by atomic mass is 10.1. The normalized spacial score (nSPS) is 28.8. The molecule has 3 atom stereocenters. The molecule has 0 bridgehead atoms. The van der Waals surface area contributed by atoms with Gasteiger partial charge in [0.1, 0.15) is 0 Å². The summed E-state index contributed by atoms with van der Waals surface area (Å²) >= 11 is 0. The van der Waals surface area contributed by atoms with E-state index in [9.17, 15) is 8.42 Å². The molecule has 0 aromatic heterocycles. The second kappa shape index (κ2) is 7.42. The van der Waals surface area contributed by atoms with Gasteiger partial charge in [0.25, 0.3) is 0 Å². The molecule has 2 saturated heterocycles. The molecule has 0 aliphatic carbocycles. The number of hydrogen-bond donors (Lipinski definition) is 0. The minimum absolute atomic E-state index is 0.0201. The van der Waals surface area contributed by atoms with Gasteiger partial charge in [-0.1, -0.05) is 6.07 Å². The third-order valence-electron chi connectivity index (χ3n) is 4.86. The Bertz CT molecular complexity index is 749. The van der Waals surface area contributed by atoms with E-state index in [1.165, 1.54) is 6.07 Å². The molecule has 0 spiro atoms. The van der Waals surface area contributed by atoms with Crippen molar-refractivity contribution in [3.05, 3.63) is 29.8 Å². The summed E-state index contributed by atoms with van der Waals surface area (Å²) in [6.45, 7) is 7.05. The van der Waals surface area contributed by atoms with E-state index < -0.39 is 10.0 Å². The number of nitriles is 1. The SMILES string of the molecule is CC1CN(CC2CCCN2S(=O)(=O)c2cccc(C#N)c2)CC(C)O1. The van der Waals surface area contributed by atoms with Gasteiger partial charge < -0.3 is 4.74 Å². The van der Waals surface area contributed by atoms with Gasteiger partial charge in [0.15, 0.2) is 0 Å². The summed E-state index contributed by atoms with van der Waals surface area (Å²) in [5.41, 5.74) is 0.368. The fourth-order valence-corrected chi connectivity index (χ4v) is 5.63. The van der Waals surface area contributed by atoms with Crippen LogP contribution in [-0.2, 0) is 14.8 Å². The number of ether oxygens (including phenoxy) is 1. The molecule has 1 aromatic rings. The first kappa shape index (κ1) is 18.3. The average Bonchev–Trinajstić information content (AvgIpc) is 3.03. The molecule has 2 aliphatic rings. The minimum atomic E-state index is -3.57. The number of rotatable bonds is 4. The Morgan fingerprint density at radius 1 is 1.28 bits per heavy atom. The molecule has 0 amide bonds. The largest absolute Gasteiger partial charge is 0.373 e. The lowest BCUT2D eigenvalue weighted by molar-refractivity contribution is -0.0707. The number of hydrogen-bond acceptors (Lipinski definition) is 5. The fraction of sp³-hybridized carbons (Fsp3) is 0.611. The van der Waals surface area contributed by atoms with Gasteiger partial charge in [0.05, 0.1) is 28.7 Å². The van der Waals surface area contributed by atoms with Crippen LogP contribution in [0.25, 0.3) is 0 Å². The second-order valence-corrected chi connectivity index (χ2v) is 8.92. The molecule has 0 N–H and O–H groups in total. The van der Waals surface area contributed by atoms with Crippen LogP contribution in [0.5, 0.6) is 0 Å². The maximum atomic E-state index is 13.1. The van der Waals surface area contributed by atoms with Crippen molar-refractivity contribution in [3.63, 3.8) is 0 Å². The summed E-state index contributed by atoms with van der Waals surface area (Å²) in [7, 11) is -3.57. The predicted octanol–water partition coefficient (Wildman–Crippen LogP) is 1.82. The maximum absolute atomic E-state index is 13.1. The summed E-state index contributed by atoms with van der Waals surface area (Å²) in [6.07, 6.45) is 2.08. The molecule has 136 valence electrons. The number of benzene rings is 1. The molecule has 0 radical (unpaired) electrons. The Morgan fingerprint density at radius 3 is 2.68 bits per heavy atom. The van der Waals surface area contributed by atoms with E-state index in [1.807, 2.05) is 6.07 Å². The summed E-state index contributed by atoms with van der Waals surface area (Å²) in [5.74, 6) is 0. The van der Waals surface area contributed by atoms with E-state index in [1.54, 1.807) is 22.5 Å². The first-order valence-electron chi connectivity index (χ1n) is 8.80. The van der Waals surface area contributed by atoms with Gasteiger partial charge in [-0.05, 0) is 44.9 Å². The first-order valence-corrected chi connectivity index (χ1v) is 10.2. The van der Waals surface area contributed by atoms with Crippen LogP contribution >= 0.6 is 0 Å². The van der Waals surface area contributed by atoms with E-state index in [4.69, 9.17) is 10.00 Å². The lowest BCUT2D eigenvalue weighted by Crippen LogP contribution is -2.50. The molecule has 1 aromatic carbocycles. The molecule has 0 saturated carbocycles. The van der Waals surface area contributed by atoms with Crippen LogP contribution in [0.15, 0.2) is 29.2 Å². The first-order chi connectivity index (χ1) is 11.9. The monoisotopic (exact) mass is 363 g/mol. The molecule has 2 aliphatic heterocycles. The van der Waals surface area contributed by atoms with Crippen molar-refractivity contribution in [1.29, 1.82) is 5.26 Å². The molecule has 2 fully saturated rings. The highest BCUT2D eigenvalue weighted by molar-refractivity contribution is 7.89. The standard InChI is InChI=1S/C18H25N3O3S/c1-14-11-20(12-15(2)24-14)13-17-6-4-8-21(17)25(22,23)18-7-3-5-16(9-18)10-19/h3,5,7,9,14-15,17H,4,6,8,11-13H2,1-2H3. The maximum Gasteiger partial charge on any atom is 0.243 e. The summed E-state index contributed by atoms with van der Waals surface area (Å²) < 4.78 is 33.5. The van der Waals surface area contributed by atoms with Crippen LogP contribution in [-0.4, -0.2) is 62.1 Å². The van der Waals surface area contributed by atoms with E-state index in [-0.39, 0.29) is 23.1 Å². The predicted molar refractivity (Wildman–Crippen MR) is 94.5 cm³/mol. The smallest absolute Gasteiger partial charge is 0.243 e. The molecule has 6 nitrogen and oxygen atoms in total. The molecular formula is C18H25N3O3S. The Kier molecular flexibility index (Phi) is 5.44. The zero-order chi connectivity index (χ0) is 18.0. The van der Waals surface area contributed by atoms with Crippen LogP contribution in [0.3, 0.4) is 0 Å². The Morgan fingerprint density at radius 2 is 2.00 bits per heavy atom. The van der Waals surface area contributed by atoms with Crippen LogP contribution < -0.4 is 0 Å². The molecule has 25 heavy (non-hydrogen) atoms. The zero-order valence-electron chi connectivity index (χ0n) is 14.8. The fourth-order valence-electron chi connectivity index (χ4n) is 3.90. The van der Waals surface area contributed by atoms with Crippen molar-refractivity contribution in [3.8, 4) is 6.07 Å². The minimum Gasteiger partial charge on any atom is -0.373 e. The quantitative estimate of drug-likeness (QED) is 0.816. The van der Waals surface area contributed by atoms with Crippen LogP contribution in [0, 0.1) is 11.3 Å². The van der Waals surface area contributed by atoms with E-state index in [2.05, 4.69) is 18.7 Å². The Balaban J connectivity index is 1.77. The van der Waals surface area contributed by atoms with Crippen molar-refractivity contribution < 1.29 is 13.2 Å². The number of nitrogens with zero attached hydrogens (tertiary/aromatic N) is 3. The van der Waals surface area contributed by atoms with Crippen LogP contribution in [0.2, 0.25) is 0 Å². The van der Waals surface area contributed by atoms with Crippen molar-refractivity contribution in [1.82, 2.24) is 9.21 Å². The molecular weight excluding hydrogens is 338 g/mol. The topological polar surface area (TPSA) is 73.6 Å². The molecule has 3 unspecified atom stereocenters.